The number of piperazine rings is 1. The van der Waals surface area contributed by atoms with Crippen molar-refractivity contribution in [2.24, 2.45) is 0 Å². The van der Waals surface area contributed by atoms with Gasteiger partial charge in [0.2, 0.25) is 5.91 Å². The maximum atomic E-state index is 12.3. The van der Waals surface area contributed by atoms with Gasteiger partial charge in [0.1, 0.15) is 0 Å². The Balaban J connectivity index is 2.08. The Labute approximate surface area is 122 Å². The number of rotatable bonds is 3. The van der Waals surface area contributed by atoms with Crippen molar-refractivity contribution in [3.8, 4) is 0 Å². The summed E-state index contributed by atoms with van der Waals surface area (Å²) in [6.45, 7) is 2.88. The monoisotopic (exact) mass is 300 g/mol. The summed E-state index contributed by atoms with van der Waals surface area (Å²) in [7, 11) is 0. The van der Waals surface area contributed by atoms with Gasteiger partial charge in [0.15, 0.2) is 0 Å². The van der Waals surface area contributed by atoms with E-state index in [1.165, 1.54) is 6.92 Å². The fourth-order valence-corrected chi connectivity index (χ4v) is 2.66. The van der Waals surface area contributed by atoms with Gasteiger partial charge in [-0.25, -0.2) is 0 Å². The van der Waals surface area contributed by atoms with E-state index in [1.54, 1.807) is 9.80 Å². The summed E-state index contributed by atoms with van der Waals surface area (Å²) in [5.41, 5.74) is 0.962. The molecule has 21 heavy (non-hydrogen) atoms. The molecule has 0 aromatic heterocycles. The topological polar surface area (TPSA) is 23.6 Å². The number of hydrogen-bond acceptors (Lipinski definition) is 2. The molecule has 0 aliphatic carbocycles. The SMILES string of the molecule is CC(=O)N1CCN(CCC(F)(F)F)C[C@H]1c1ccccc1. The van der Waals surface area contributed by atoms with Crippen LogP contribution in [0, 0.1) is 0 Å². The molecule has 0 bridgehead atoms. The standard InChI is InChI=1S/C15H19F3N2O/c1-12(21)20-10-9-19(8-7-15(16,17)18)11-14(20)13-5-3-2-4-6-13/h2-6,14H,7-11H2,1H3/t14-/m0/s1. The van der Waals surface area contributed by atoms with E-state index < -0.39 is 12.6 Å². The Morgan fingerprint density at radius 3 is 2.48 bits per heavy atom. The molecule has 0 unspecified atom stereocenters. The average Bonchev–Trinajstić information content (AvgIpc) is 2.45. The molecule has 1 amide bonds. The second-order valence-corrected chi connectivity index (χ2v) is 5.30. The third kappa shape index (κ3) is 4.46. The molecule has 2 rings (SSSR count). The lowest BCUT2D eigenvalue weighted by Crippen LogP contribution is -2.50. The van der Waals surface area contributed by atoms with Gasteiger partial charge in [-0.3, -0.25) is 9.69 Å². The summed E-state index contributed by atoms with van der Waals surface area (Å²) < 4.78 is 37.0. The lowest BCUT2D eigenvalue weighted by atomic mass is 10.0. The van der Waals surface area contributed by atoms with Gasteiger partial charge in [-0.2, -0.15) is 13.2 Å². The molecule has 1 heterocycles. The van der Waals surface area contributed by atoms with Gasteiger partial charge in [0, 0.05) is 33.1 Å². The molecule has 1 aliphatic rings. The van der Waals surface area contributed by atoms with Crippen molar-refractivity contribution in [3.05, 3.63) is 35.9 Å². The molecule has 1 aromatic carbocycles. The minimum atomic E-state index is -4.14. The minimum absolute atomic E-state index is 0.0153. The molecule has 0 saturated carbocycles. The lowest BCUT2D eigenvalue weighted by Gasteiger charge is -2.41. The number of halogens is 3. The highest BCUT2D eigenvalue weighted by Crippen LogP contribution is 2.27. The fraction of sp³-hybridized carbons (Fsp3) is 0.533. The van der Waals surface area contributed by atoms with Crippen LogP contribution in [-0.4, -0.2) is 48.1 Å². The number of alkyl halides is 3. The summed E-state index contributed by atoms with van der Waals surface area (Å²) >= 11 is 0. The van der Waals surface area contributed by atoms with E-state index in [1.807, 2.05) is 30.3 Å². The summed E-state index contributed by atoms with van der Waals surface area (Å²) in [6.07, 6.45) is -4.95. The Hall–Kier alpha value is -1.56. The molecule has 0 radical (unpaired) electrons. The highest BCUT2D eigenvalue weighted by molar-refractivity contribution is 5.74. The number of hydrogen-bond donors (Lipinski definition) is 0. The first-order valence-electron chi connectivity index (χ1n) is 6.98. The molecule has 116 valence electrons. The Morgan fingerprint density at radius 1 is 1.24 bits per heavy atom. The number of amides is 1. The first-order chi connectivity index (χ1) is 9.87. The highest BCUT2D eigenvalue weighted by Gasteiger charge is 2.33. The normalized spacial score (nSPS) is 20.6. The third-order valence-corrected chi connectivity index (χ3v) is 3.76. The molecule has 3 nitrogen and oxygen atoms in total. The predicted octanol–water partition coefficient (Wildman–Crippen LogP) is 2.84. The van der Waals surface area contributed by atoms with Crippen molar-refractivity contribution in [3.63, 3.8) is 0 Å². The lowest BCUT2D eigenvalue weighted by molar-refractivity contribution is -0.143. The summed E-state index contributed by atoms with van der Waals surface area (Å²) in [5, 5.41) is 0. The van der Waals surface area contributed by atoms with Crippen LogP contribution in [0.2, 0.25) is 0 Å². The van der Waals surface area contributed by atoms with Crippen molar-refractivity contribution in [2.45, 2.75) is 25.6 Å². The van der Waals surface area contributed by atoms with Crippen LogP contribution in [0.15, 0.2) is 30.3 Å². The Morgan fingerprint density at radius 2 is 1.90 bits per heavy atom. The van der Waals surface area contributed by atoms with Gasteiger partial charge in [0.25, 0.3) is 0 Å². The molecular weight excluding hydrogens is 281 g/mol. The molecule has 1 fully saturated rings. The van der Waals surface area contributed by atoms with Crippen LogP contribution in [0.1, 0.15) is 24.9 Å². The van der Waals surface area contributed by atoms with Crippen molar-refractivity contribution in [1.82, 2.24) is 9.80 Å². The van der Waals surface area contributed by atoms with E-state index >= 15 is 0 Å². The molecule has 1 aromatic rings. The fourth-order valence-electron chi connectivity index (χ4n) is 2.66. The van der Waals surface area contributed by atoms with E-state index in [0.717, 1.165) is 5.56 Å². The smallest absolute Gasteiger partial charge is 0.333 e. The largest absolute Gasteiger partial charge is 0.390 e. The van der Waals surface area contributed by atoms with Crippen LogP contribution in [-0.2, 0) is 4.79 Å². The molecule has 6 heteroatoms. The molecule has 1 atom stereocenters. The quantitative estimate of drug-likeness (QED) is 0.857. The van der Waals surface area contributed by atoms with E-state index in [-0.39, 0.29) is 18.5 Å². The number of benzene rings is 1. The van der Waals surface area contributed by atoms with Crippen LogP contribution in [0.3, 0.4) is 0 Å². The van der Waals surface area contributed by atoms with Gasteiger partial charge in [-0.05, 0) is 5.56 Å². The molecular formula is C15H19F3N2O. The first-order valence-corrected chi connectivity index (χ1v) is 6.98. The second kappa shape index (κ2) is 6.47. The zero-order valence-electron chi connectivity index (χ0n) is 11.9. The van der Waals surface area contributed by atoms with Crippen LogP contribution in [0.5, 0.6) is 0 Å². The summed E-state index contributed by atoms with van der Waals surface area (Å²) in [6, 6.07) is 9.28. The molecule has 1 aliphatic heterocycles. The average molecular weight is 300 g/mol. The van der Waals surface area contributed by atoms with Crippen LogP contribution < -0.4 is 0 Å². The van der Waals surface area contributed by atoms with Crippen molar-refractivity contribution in [2.75, 3.05) is 26.2 Å². The van der Waals surface area contributed by atoms with Gasteiger partial charge in [-0.1, -0.05) is 30.3 Å². The predicted molar refractivity (Wildman–Crippen MR) is 73.7 cm³/mol. The van der Waals surface area contributed by atoms with Crippen molar-refractivity contribution in [1.29, 1.82) is 0 Å². The van der Waals surface area contributed by atoms with Crippen LogP contribution in [0.4, 0.5) is 13.2 Å². The van der Waals surface area contributed by atoms with E-state index in [0.29, 0.717) is 19.6 Å². The van der Waals surface area contributed by atoms with Crippen LogP contribution in [0.25, 0.3) is 0 Å². The number of nitrogens with zero attached hydrogens (tertiary/aromatic N) is 2. The first kappa shape index (κ1) is 15.8. The maximum Gasteiger partial charge on any atom is 0.390 e. The summed E-state index contributed by atoms with van der Waals surface area (Å²) in [5.74, 6) is -0.0423. The van der Waals surface area contributed by atoms with Gasteiger partial charge < -0.3 is 4.90 Å². The minimum Gasteiger partial charge on any atom is -0.333 e. The molecule has 0 N–H and O–H groups in total. The van der Waals surface area contributed by atoms with Gasteiger partial charge in [-0.15, -0.1) is 0 Å². The molecule has 1 saturated heterocycles. The second-order valence-electron chi connectivity index (χ2n) is 5.30. The van der Waals surface area contributed by atoms with E-state index in [4.69, 9.17) is 0 Å². The van der Waals surface area contributed by atoms with E-state index in [9.17, 15) is 18.0 Å². The van der Waals surface area contributed by atoms with Crippen molar-refractivity contribution >= 4 is 5.91 Å². The number of carbonyl (C=O) groups excluding carboxylic acids is 1. The summed E-state index contributed by atoms with van der Waals surface area (Å²) in [4.78, 5) is 15.3. The van der Waals surface area contributed by atoms with E-state index in [2.05, 4.69) is 0 Å². The third-order valence-electron chi connectivity index (χ3n) is 3.76. The van der Waals surface area contributed by atoms with Crippen molar-refractivity contribution < 1.29 is 18.0 Å². The maximum absolute atomic E-state index is 12.3. The molecule has 0 spiro atoms. The van der Waals surface area contributed by atoms with Gasteiger partial charge >= 0.3 is 6.18 Å². The Bertz CT molecular complexity index is 476. The van der Waals surface area contributed by atoms with Gasteiger partial charge in [0.05, 0.1) is 12.5 Å². The number of carbonyl (C=O) groups is 1. The van der Waals surface area contributed by atoms with Crippen LogP contribution >= 0.6 is 0 Å². The Kier molecular flexibility index (Phi) is 4.88. The highest BCUT2D eigenvalue weighted by atomic mass is 19.4. The zero-order valence-corrected chi connectivity index (χ0v) is 11.9. The zero-order chi connectivity index (χ0) is 15.5.